The molecule has 4 rings (SSSR count). The van der Waals surface area contributed by atoms with Gasteiger partial charge in [-0.2, -0.15) is 0 Å². The minimum absolute atomic E-state index is 0.0580. The summed E-state index contributed by atoms with van der Waals surface area (Å²) in [6, 6.07) is 8.09. The molecule has 0 bridgehead atoms. The van der Waals surface area contributed by atoms with Gasteiger partial charge in [0, 0.05) is 12.1 Å². The highest BCUT2D eigenvalue weighted by Crippen LogP contribution is 2.29. The van der Waals surface area contributed by atoms with Crippen molar-refractivity contribution >= 4 is 37.3 Å². The third-order valence-electron chi connectivity index (χ3n) is 6.01. The number of thiazole rings is 1. The van der Waals surface area contributed by atoms with E-state index in [2.05, 4.69) is 11.1 Å². The average Bonchev–Trinajstić information content (AvgIpc) is 3.24. The molecule has 2 heterocycles. The highest BCUT2D eigenvalue weighted by atomic mass is 32.2. The molecule has 1 aromatic carbocycles. The Kier molecular flexibility index (Phi) is 6.22. The summed E-state index contributed by atoms with van der Waals surface area (Å²) < 4.78 is 25.2. The van der Waals surface area contributed by atoms with E-state index >= 15 is 0 Å². The minimum atomic E-state index is -3.02. The van der Waals surface area contributed by atoms with Gasteiger partial charge in [0.25, 0.3) is 0 Å². The second-order valence-electron chi connectivity index (χ2n) is 8.40. The van der Waals surface area contributed by atoms with Crippen molar-refractivity contribution in [2.45, 2.75) is 57.2 Å². The Balaban J connectivity index is 1.44. The molecule has 2 aromatic rings. The van der Waals surface area contributed by atoms with E-state index in [0.29, 0.717) is 19.5 Å². The first-order valence-corrected chi connectivity index (χ1v) is 13.1. The topological polar surface area (TPSA) is 70.6 Å². The number of fused-ring (bicyclic) bond motifs is 1. The summed E-state index contributed by atoms with van der Waals surface area (Å²) in [7, 11) is -1.08. The van der Waals surface area contributed by atoms with Crippen molar-refractivity contribution in [2.75, 3.05) is 25.1 Å². The van der Waals surface area contributed by atoms with Gasteiger partial charge >= 0.3 is 0 Å². The SMILES string of the molecule is CN(CC(=O)N(C1CCCCC1)[C@@H]1CCS(=O)(=O)C1)Cc1nc2ccccc2s1. The number of rotatable bonds is 6. The Labute approximate surface area is 176 Å². The third-order valence-corrected chi connectivity index (χ3v) is 8.78. The normalized spacial score (nSPS) is 22.3. The zero-order valence-electron chi connectivity index (χ0n) is 16.9. The summed E-state index contributed by atoms with van der Waals surface area (Å²) in [6.45, 7) is 0.912. The van der Waals surface area contributed by atoms with E-state index < -0.39 is 9.84 Å². The molecular formula is C21H29N3O3S2. The zero-order chi connectivity index (χ0) is 20.4. The summed E-state index contributed by atoms with van der Waals surface area (Å²) in [4.78, 5) is 21.9. The summed E-state index contributed by atoms with van der Waals surface area (Å²) in [5.41, 5.74) is 0.993. The molecule has 1 aromatic heterocycles. The number of likely N-dealkylation sites (N-methyl/N-ethyl adjacent to an activating group) is 1. The van der Waals surface area contributed by atoms with Crippen molar-refractivity contribution in [1.82, 2.24) is 14.8 Å². The molecule has 1 aliphatic carbocycles. The van der Waals surface area contributed by atoms with E-state index in [-0.39, 0.29) is 29.5 Å². The molecule has 1 atom stereocenters. The van der Waals surface area contributed by atoms with Gasteiger partial charge in [0.15, 0.2) is 9.84 Å². The molecule has 6 nitrogen and oxygen atoms in total. The average molecular weight is 436 g/mol. The maximum Gasteiger partial charge on any atom is 0.237 e. The van der Waals surface area contributed by atoms with Crippen LogP contribution in [0.3, 0.4) is 0 Å². The molecule has 2 fully saturated rings. The summed E-state index contributed by atoms with van der Waals surface area (Å²) >= 11 is 1.66. The number of aromatic nitrogens is 1. The Morgan fingerprint density at radius 1 is 1.14 bits per heavy atom. The van der Waals surface area contributed by atoms with Crippen molar-refractivity contribution < 1.29 is 13.2 Å². The fourth-order valence-corrected chi connectivity index (χ4v) is 7.41. The van der Waals surface area contributed by atoms with Crippen molar-refractivity contribution in [3.05, 3.63) is 29.3 Å². The monoisotopic (exact) mass is 435 g/mol. The standard InChI is InChI=1S/C21H29N3O3S2/c1-23(13-20-22-18-9-5-6-10-19(18)28-20)14-21(25)24(16-7-3-2-4-8-16)17-11-12-29(26,27)15-17/h5-6,9-10,16-17H,2-4,7-8,11-15H2,1H3/t17-/m1/s1. The van der Waals surface area contributed by atoms with Crippen LogP contribution < -0.4 is 0 Å². The number of hydrogen-bond donors (Lipinski definition) is 0. The van der Waals surface area contributed by atoms with Crippen LogP contribution in [0.2, 0.25) is 0 Å². The van der Waals surface area contributed by atoms with E-state index in [1.165, 1.54) is 6.42 Å². The van der Waals surface area contributed by atoms with E-state index in [9.17, 15) is 13.2 Å². The molecule has 158 valence electrons. The van der Waals surface area contributed by atoms with Crippen molar-refractivity contribution in [3.63, 3.8) is 0 Å². The number of carbonyl (C=O) groups is 1. The molecule has 1 aliphatic heterocycles. The Hall–Kier alpha value is -1.51. The molecule has 1 saturated heterocycles. The number of nitrogens with zero attached hydrogens (tertiary/aromatic N) is 3. The molecule has 2 aliphatic rings. The molecule has 29 heavy (non-hydrogen) atoms. The first-order valence-electron chi connectivity index (χ1n) is 10.5. The van der Waals surface area contributed by atoms with Gasteiger partial charge in [-0.25, -0.2) is 13.4 Å². The van der Waals surface area contributed by atoms with E-state index in [0.717, 1.165) is 40.9 Å². The lowest BCUT2D eigenvalue weighted by atomic mass is 9.93. The second-order valence-corrected chi connectivity index (χ2v) is 11.7. The van der Waals surface area contributed by atoms with Gasteiger partial charge in [0.1, 0.15) is 5.01 Å². The number of sulfone groups is 1. The lowest BCUT2D eigenvalue weighted by Gasteiger charge is -2.39. The highest BCUT2D eigenvalue weighted by molar-refractivity contribution is 7.91. The fraction of sp³-hybridized carbons (Fsp3) is 0.619. The Bertz CT molecular complexity index is 933. The minimum Gasteiger partial charge on any atom is -0.335 e. The molecule has 1 amide bonds. The molecular weight excluding hydrogens is 406 g/mol. The van der Waals surface area contributed by atoms with Gasteiger partial charge in [0.2, 0.25) is 5.91 Å². The number of amides is 1. The van der Waals surface area contributed by atoms with E-state index in [4.69, 9.17) is 0 Å². The van der Waals surface area contributed by atoms with Gasteiger partial charge in [-0.15, -0.1) is 11.3 Å². The summed E-state index contributed by atoms with van der Waals surface area (Å²) in [5, 5.41) is 0.995. The fourth-order valence-electron chi connectivity index (χ4n) is 4.65. The van der Waals surface area contributed by atoms with Crippen LogP contribution in [-0.2, 0) is 21.2 Å². The number of para-hydroxylation sites is 1. The van der Waals surface area contributed by atoms with Crippen LogP contribution in [0.5, 0.6) is 0 Å². The van der Waals surface area contributed by atoms with Crippen LogP contribution in [0.4, 0.5) is 0 Å². The lowest BCUT2D eigenvalue weighted by Crippen LogP contribution is -2.51. The van der Waals surface area contributed by atoms with Gasteiger partial charge in [-0.05, 0) is 38.4 Å². The number of carbonyl (C=O) groups excluding carboxylic acids is 1. The quantitative estimate of drug-likeness (QED) is 0.697. The van der Waals surface area contributed by atoms with Crippen LogP contribution in [-0.4, -0.2) is 66.3 Å². The predicted octanol–water partition coefficient (Wildman–Crippen LogP) is 3.08. The molecule has 8 heteroatoms. The Morgan fingerprint density at radius 2 is 1.90 bits per heavy atom. The smallest absolute Gasteiger partial charge is 0.237 e. The van der Waals surface area contributed by atoms with Gasteiger partial charge in [-0.3, -0.25) is 9.69 Å². The van der Waals surface area contributed by atoms with Crippen LogP contribution in [0.15, 0.2) is 24.3 Å². The molecule has 0 radical (unpaired) electrons. The highest BCUT2D eigenvalue weighted by Gasteiger charge is 2.38. The van der Waals surface area contributed by atoms with E-state index in [1.807, 2.05) is 35.0 Å². The van der Waals surface area contributed by atoms with Gasteiger partial charge < -0.3 is 4.90 Å². The van der Waals surface area contributed by atoms with Crippen molar-refractivity contribution in [3.8, 4) is 0 Å². The third kappa shape index (κ3) is 4.98. The van der Waals surface area contributed by atoms with Gasteiger partial charge in [-0.1, -0.05) is 31.4 Å². The Morgan fingerprint density at radius 3 is 2.59 bits per heavy atom. The maximum absolute atomic E-state index is 13.3. The molecule has 1 saturated carbocycles. The van der Waals surface area contributed by atoms with Crippen LogP contribution in [0.25, 0.3) is 10.2 Å². The van der Waals surface area contributed by atoms with Crippen LogP contribution in [0, 0.1) is 0 Å². The number of benzene rings is 1. The summed E-state index contributed by atoms with van der Waals surface area (Å²) in [6.07, 6.45) is 6.00. The maximum atomic E-state index is 13.3. The zero-order valence-corrected chi connectivity index (χ0v) is 18.6. The second kappa shape index (κ2) is 8.70. The van der Waals surface area contributed by atoms with Crippen molar-refractivity contribution in [1.29, 1.82) is 0 Å². The van der Waals surface area contributed by atoms with Gasteiger partial charge in [0.05, 0.1) is 34.8 Å². The van der Waals surface area contributed by atoms with Crippen LogP contribution in [0.1, 0.15) is 43.5 Å². The molecule has 0 spiro atoms. The molecule has 0 unspecified atom stereocenters. The van der Waals surface area contributed by atoms with Crippen LogP contribution >= 0.6 is 11.3 Å². The number of hydrogen-bond acceptors (Lipinski definition) is 6. The lowest BCUT2D eigenvalue weighted by molar-refractivity contribution is -0.137. The first-order chi connectivity index (χ1) is 13.9. The predicted molar refractivity (Wildman–Crippen MR) is 117 cm³/mol. The molecule has 0 N–H and O–H groups in total. The largest absolute Gasteiger partial charge is 0.335 e. The van der Waals surface area contributed by atoms with E-state index in [1.54, 1.807) is 11.3 Å². The summed E-state index contributed by atoms with van der Waals surface area (Å²) in [5.74, 6) is 0.384. The first kappa shape index (κ1) is 20.8. The van der Waals surface area contributed by atoms with Crippen molar-refractivity contribution in [2.24, 2.45) is 0 Å².